The highest BCUT2D eigenvalue weighted by Gasteiger charge is 2.33. The Morgan fingerprint density at radius 3 is 2.39 bits per heavy atom. The molecule has 0 atom stereocenters. The molecule has 4 rings (SSSR count). The van der Waals surface area contributed by atoms with Gasteiger partial charge in [-0.25, -0.2) is 0 Å². The van der Waals surface area contributed by atoms with Crippen molar-refractivity contribution in [2.45, 2.75) is 38.5 Å². The summed E-state index contributed by atoms with van der Waals surface area (Å²) in [5, 5.41) is 16.1. The fourth-order valence-electron chi connectivity index (χ4n) is 3.85. The van der Waals surface area contributed by atoms with Gasteiger partial charge in [0.1, 0.15) is 30.3 Å². The lowest BCUT2D eigenvalue weighted by molar-refractivity contribution is -0.0537. The normalized spacial score (nSPS) is 16.0. The Morgan fingerprint density at radius 1 is 1.00 bits per heavy atom. The number of nitrogens with zero attached hydrogens (tertiary/aromatic N) is 3. The number of aromatic nitrogens is 2. The molecule has 1 fully saturated rings. The Hall–Kier alpha value is -2.25. The standard InChI is InChI=1S/C25H29Cl2N3O3/c1-19-15-28-30(16-19)12-13-32-21-4-2-20(3-5-21)17-29-10-8-25(31,9-11-29)18-33-22-6-7-23(26)24(27)14-22/h2-7,14-16,31H,8-13,17-18H2,1H3. The predicted molar refractivity (Wildman–Crippen MR) is 130 cm³/mol. The van der Waals surface area contributed by atoms with Gasteiger partial charge in [-0.15, -0.1) is 0 Å². The molecule has 1 aromatic heterocycles. The van der Waals surface area contributed by atoms with Crippen molar-refractivity contribution in [1.29, 1.82) is 0 Å². The van der Waals surface area contributed by atoms with E-state index in [1.807, 2.05) is 36.1 Å². The Kier molecular flexibility index (Phi) is 7.81. The molecule has 1 aliphatic heterocycles. The van der Waals surface area contributed by atoms with Gasteiger partial charge in [0, 0.05) is 31.9 Å². The molecule has 8 heteroatoms. The molecule has 0 aliphatic carbocycles. The van der Waals surface area contributed by atoms with Gasteiger partial charge >= 0.3 is 0 Å². The van der Waals surface area contributed by atoms with Crippen LogP contribution in [0.15, 0.2) is 54.9 Å². The first-order valence-electron chi connectivity index (χ1n) is 11.1. The van der Waals surface area contributed by atoms with Crippen LogP contribution in [0.5, 0.6) is 11.5 Å². The third-order valence-electron chi connectivity index (χ3n) is 5.87. The van der Waals surface area contributed by atoms with E-state index in [0.29, 0.717) is 35.2 Å². The quantitative estimate of drug-likeness (QED) is 0.459. The Morgan fingerprint density at radius 2 is 1.73 bits per heavy atom. The molecular weight excluding hydrogens is 461 g/mol. The van der Waals surface area contributed by atoms with E-state index in [9.17, 15) is 5.11 Å². The zero-order valence-electron chi connectivity index (χ0n) is 18.7. The summed E-state index contributed by atoms with van der Waals surface area (Å²) in [6, 6.07) is 13.3. The van der Waals surface area contributed by atoms with Crippen LogP contribution in [-0.2, 0) is 13.1 Å². The van der Waals surface area contributed by atoms with Crippen molar-refractivity contribution in [2.75, 3.05) is 26.3 Å². The van der Waals surface area contributed by atoms with Crippen molar-refractivity contribution in [2.24, 2.45) is 0 Å². The second-order valence-electron chi connectivity index (χ2n) is 8.64. The Labute approximate surface area is 204 Å². The van der Waals surface area contributed by atoms with Crippen molar-refractivity contribution < 1.29 is 14.6 Å². The van der Waals surface area contributed by atoms with Crippen molar-refractivity contribution in [3.63, 3.8) is 0 Å². The third kappa shape index (κ3) is 6.87. The summed E-state index contributed by atoms with van der Waals surface area (Å²) in [6.07, 6.45) is 5.16. The third-order valence-corrected chi connectivity index (χ3v) is 6.61. The van der Waals surface area contributed by atoms with Crippen molar-refractivity contribution in [3.8, 4) is 11.5 Å². The van der Waals surface area contributed by atoms with Crippen molar-refractivity contribution in [3.05, 3.63) is 76.0 Å². The van der Waals surface area contributed by atoms with Crippen LogP contribution in [-0.4, -0.2) is 51.7 Å². The van der Waals surface area contributed by atoms with Crippen LogP contribution in [0, 0.1) is 6.92 Å². The first kappa shape index (κ1) is 23.9. The van der Waals surface area contributed by atoms with Gasteiger partial charge in [-0.1, -0.05) is 35.3 Å². The molecule has 2 aromatic carbocycles. The fraction of sp³-hybridized carbons (Fsp3) is 0.400. The highest BCUT2D eigenvalue weighted by atomic mass is 35.5. The molecule has 2 heterocycles. The summed E-state index contributed by atoms with van der Waals surface area (Å²) < 4.78 is 13.5. The van der Waals surface area contributed by atoms with E-state index in [0.717, 1.165) is 37.5 Å². The lowest BCUT2D eigenvalue weighted by atomic mass is 9.92. The summed E-state index contributed by atoms with van der Waals surface area (Å²) in [6.45, 7) is 6.03. The molecule has 0 radical (unpaired) electrons. The number of benzene rings is 2. The summed E-state index contributed by atoms with van der Waals surface area (Å²) in [5.74, 6) is 1.47. The maximum atomic E-state index is 10.9. The van der Waals surface area contributed by atoms with Gasteiger partial charge in [0.15, 0.2) is 0 Å². The molecule has 0 saturated carbocycles. The number of ether oxygens (including phenoxy) is 2. The van der Waals surface area contributed by atoms with E-state index in [4.69, 9.17) is 32.7 Å². The number of piperidine rings is 1. The zero-order chi connectivity index (χ0) is 23.3. The molecule has 0 amide bonds. The molecule has 0 spiro atoms. The minimum absolute atomic E-state index is 0.239. The average Bonchev–Trinajstić information content (AvgIpc) is 3.22. The van der Waals surface area contributed by atoms with Crippen LogP contribution in [0.4, 0.5) is 0 Å². The summed E-state index contributed by atoms with van der Waals surface area (Å²) in [7, 11) is 0. The van der Waals surface area contributed by atoms with Gasteiger partial charge < -0.3 is 14.6 Å². The van der Waals surface area contributed by atoms with Gasteiger partial charge in [-0.05, 0) is 55.2 Å². The number of aliphatic hydroxyl groups is 1. The fourth-order valence-corrected chi connectivity index (χ4v) is 4.14. The monoisotopic (exact) mass is 489 g/mol. The topological polar surface area (TPSA) is 59.8 Å². The van der Waals surface area contributed by atoms with E-state index in [1.165, 1.54) is 5.56 Å². The maximum absolute atomic E-state index is 10.9. The molecule has 1 N–H and O–H groups in total. The predicted octanol–water partition coefficient (Wildman–Crippen LogP) is 4.98. The highest BCUT2D eigenvalue weighted by Crippen LogP contribution is 2.29. The van der Waals surface area contributed by atoms with Crippen LogP contribution in [0.3, 0.4) is 0 Å². The van der Waals surface area contributed by atoms with Gasteiger partial charge in [-0.3, -0.25) is 9.58 Å². The van der Waals surface area contributed by atoms with Crippen LogP contribution in [0.1, 0.15) is 24.0 Å². The highest BCUT2D eigenvalue weighted by molar-refractivity contribution is 6.42. The molecule has 3 aromatic rings. The van der Waals surface area contributed by atoms with E-state index in [-0.39, 0.29) is 6.61 Å². The van der Waals surface area contributed by atoms with Gasteiger partial charge in [0.25, 0.3) is 0 Å². The largest absolute Gasteiger partial charge is 0.492 e. The van der Waals surface area contributed by atoms with Crippen LogP contribution in [0.2, 0.25) is 10.0 Å². The number of rotatable bonds is 9. The van der Waals surface area contributed by atoms with E-state index in [1.54, 1.807) is 18.2 Å². The van der Waals surface area contributed by atoms with Crippen molar-refractivity contribution >= 4 is 23.2 Å². The molecule has 6 nitrogen and oxygen atoms in total. The van der Waals surface area contributed by atoms with E-state index in [2.05, 4.69) is 22.1 Å². The lowest BCUT2D eigenvalue weighted by Crippen LogP contribution is -2.47. The molecule has 176 valence electrons. The number of hydrogen-bond acceptors (Lipinski definition) is 5. The van der Waals surface area contributed by atoms with Crippen molar-refractivity contribution in [1.82, 2.24) is 14.7 Å². The molecule has 0 unspecified atom stereocenters. The molecule has 1 aliphatic rings. The minimum Gasteiger partial charge on any atom is -0.492 e. The molecular formula is C25H29Cl2N3O3. The zero-order valence-corrected chi connectivity index (χ0v) is 20.2. The van der Waals surface area contributed by atoms with Crippen LogP contribution >= 0.6 is 23.2 Å². The molecule has 1 saturated heterocycles. The van der Waals surface area contributed by atoms with Gasteiger partial charge in [0.2, 0.25) is 0 Å². The van der Waals surface area contributed by atoms with Crippen LogP contribution < -0.4 is 9.47 Å². The second kappa shape index (κ2) is 10.8. The smallest absolute Gasteiger partial charge is 0.121 e. The number of likely N-dealkylation sites (tertiary alicyclic amines) is 1. The first-order chi connectivity index (χ1) is 15.9. The minimum atomic E-state index is -0.840. The van der Waals surface area contributed by atoms with Gasteiger partial charge in [0.05, 0.1) is 22.8 Å². The van der Waals surface area contributed by atoms with Gasteiger partial charge in [-0.2, -0.15) is 5.10 Å². The van der Waals surface area contributed by atoms with E-state index < -0.39 is 5.60 Å². The summed E-state index contributed by atoms with van der Waals surface area (Å²) in [4.78, 5) is 2.35. The SMILES string of the molecule is Cc1cnn(CCOc2ccc(CN3CCC(O)(COc4ccc(Cl)c(Cl)c4)CC3)cc2)c1. The average molecular weight is 490 g/mol. The Balaban J connectivity index is 1.19. The Bertz CT molecular complexity index is 1050. The summed E-state index contributed by atoms with van der Waals surface area (Å²) in [5.41, 5.74) is 1.53. The molecule has 33 heavy (non-hydrogen) atoms. The maximum Gasteiger partial charge on any atom is 0.121 e. The number of hydrogen-bond donors (Lipinski definition) is 1. The second-order valence-corrected chi connectivity index (χ2v) is 9.45. The number of halogens is 2. The number of aryl methyl sites for hydroxylation is 1. The summed E-state index contributed by atoms with van der Waals surface area (Å²) >= 11 is 12.0. The lowest BCUT2D eigenvalue weighted by Gasteiger charge is -2.38. The van der Waals surface area contributed by atoms with Crippen LogP contribution in [0.25, 0.3) is 0 Å². The molecule has 0 bridgehead atoms. The first-order valence-corrected chi connectivity index (χ1v) is 11.9. The van der Waals surface area contributed by atoms with E-state index >= 15 is 0 Å².